The largest absolute Gasteiger partial charge is 0.314 e. The van der Waals surface area contributed by atoms with E-state index in [2.05, 4.69) is 17.1 Å². The second-order valence-corrected chi connectivity index (χ2v) is 4.57. The molecule has 1 saturated heterocycles. The van der Waals surface area contributed by atoms with Gasteiger partial charge < -0.3 is 5.32 Å². The molecule has 1 unspecified atom stereocenters. The third-order valence-electron chi connectivity index (χ3n) is 3.26. The Kier molecular flexibility index (Phi) is 5.99. The number of nitrogens with zero attached hydrogens (tertiary/aromatic N) is 1. The first kappa shape index (κ1) is 15.3. The van der Waals surface area contributed by atoms with Gasteiger partial charge in [0.2, 0.25) is 0 Å². The molecule has 102 valence electrons. The molecule has 1 aliphatic rings. The minimum atomic E-state index is -2.37. The molecule has 1 aliphatic heterocycles. The molecule has 1 aromatic carbocycles. The van der Waals surface area contributed by atoms with Gasteiger partial charge in [0.15, 0.2) is 0 Å². The van der Waals surface area contributed by atoms with Crippen LogP contribution in [0.15, 0.2) is 24.3 Å². The smallest absolute Gasteiger partial charge is 0.263 e. The summed E-state index contributed by atoms with van der Waals surface area (Å²) >= 11 is 0. The Morgan fingerprint density at radius 3 is 2.56 bits per heavy atom. The van der Waals surface area contributed by atoms with Crippen molar-refractivity contribution in [2.75, 3.05) is 19.6 Å². The maximum atomic E-state index is 12.4. The molecule has 0 radical (unpaired) electrons. The fourth-order valence-electron chi connectivity index (χ4n) is 2.12. The Labute approximate surface area is 113 Å². The van der Waals surface area contributed by atoms with Gasteiger partial charge in [0, 0.05) is 37.8 Å². The Morgan fingerprint density at radius 1 is 1.33 bits per heavy atom. The molecule has 0 amide bonds. The molecular formula is C13H19ClF2N2. The number of piperazine rings is 1. The second kappa shape index (κ2) is 7.02. The van der Waals surface area contributed by atoms with Crippen LogP contribution in [-0.4, -0.2) is 30.6 Å². The molecule has 1 atom stereocenters. The number of halogens is 3. The normalized spacial score (nSPS) is 20.8. The van der Waals surface area contributed by atoms with E-state index in [-0.39, 0.29) is 18.0 Å². The van der Waals surface area contributed by atoms with Crippen LogP contribution in [0.2, 0.25) is 0 Å². The SMILES string of the molecule is CC1CNCCN1Cc1ccc(C(F)F)cc1.Cl. The van der Waals surface area contributed by atoms with Crippen LogP contribution in [0.5, 0.6) is 0 Å². The lowest BCUT2D eigenvalue weighted by Crippen LogP contribution is -2.49. The van der Waals surface area contributed by atoms with E-state index in [9.17, 15) is 8.78 Å². The fourth-order valence-corrected chi connectivity index (χ4v) is 2.12. The van der Waals surface area contributed by atoms with Gasteiger partial charge in [0.05, 0.1) is 0 Å². The maximum Gasteiger partial charge on any atom is 0.263 e. The lowest BCUT2D eigenvalue weighted by Gasteiger charge is -2.33. The van der Waals surface area contributed by atoms with Crippen LogP contribution in [0.4, 0.5) is 8.78 Å². The van der Waals surface area contributed by atoms with Crippen LogP contribution >= 0.6 is 12.4 Å². The summed E-state index contributed by atoms with van der Waals surface area (Å²) in [5.41, 5.74) is 1.20. The minimum absolute atomic E-state index is 0. The van der Waals surface area contributed by atoms with Gasteiger partial charge in [-0.2, -0.15) is 0 Å². The van der Waals surface area contributed by atoms with Gasteiger partial charge in [0.1, 0.15) is 0 Å². The van der Waals surface area contributed by atoms with Gasteiger partial charge in [-0.05, 0) is 12.5 Å². The van der Waals surface area contributed by atoms with Crippen LogP contribution in [0, 0.1) is 0 Å². The van der Waals surface area contributed by atoms with Crippen molar-refractivity contribution in [2.24, 2.45) is 0 Å². The Morgan fingerprint density at radius 2 is 2.00 bits per heavy atom. The molecular weight excluding hydrogens is 258 g/mol. The van der Waals surface area contributed by atoms with E-state index >= 15 is 0 Å². The first-order valence-corrected chi connectivity index (χ1v) is 5.98. The molecule has 0 bridgehead atoms. The highest BCUT2D eigenvalue weighted by atomic mass is 35.5. The summed E-state index contributed by atoms with van der Waals surface area (Å²) in [4.78, 5) is 2.37. The van der Waals surface area contributed by atoms with Gasteiger partial charge in [0.25, 0.3) is 6.43 Å². The van der Waals surface area contributed by atoms with Crippen molar-refractivity contribution in [1.82, 2.24) is 10.2 Å². The first-order valence-electron chi connectivity index (χ1n) is 5.98. The molecule has 1 N–H and O–H groups in total. The molecule has 1 aromatic rings. The van der Waals surface area contributed by atoms with Gasteiger partial charge >= 0.3 is 0 Å². The van der Waals surface area contributed by atoms with Crippen molar-refractivity contribution in [1.29, 1.82) is 0 Å². The quantitative estimate of drug-likeness (QED) is 0.913. The van der Waals surface area contributed by atoms with E-state index < -0.39 is 6.43 Å². The average molecular weight is 277 g/mol. The fraction of sp³-hybridized carbons (Fsp3) is 0.538. The third kappa shape index (κ3) is 3.90. The Hall–Kier alpha value is -0.710. The van der Waals surface area contributed by atoms with E-state index in [1.54, 1.807) is 12.1 Å². The van der Waals surface area contributed by atoms with Gasteiger partial charge in [-0.3, -0.25) is 4.90 Å². The van der Waals surface area contributed by atoms with Crippen LogP contribution in [0.3, 0.4) is 0 Å². The summed E-state index contributed by atoms with van der Waals surface area (Å²) in [7, 11) is 0. The Balaban J connectivity index is 0.00000162. The van der Waals surface area contributed by atoms with Crippen molar-refractivity contribution < 1.29 is 8.78 Å². The van der Waals surface area contributed by atoms with Crippen molar-refractivity contribution in [3.63, 3.8) is 0 Å². The van der Waals surface area contributed by atoms with Crippen molar-refractivity contribution >= 4 is 12.4 Å². The van der Waals surface area contributed by atoms with E-state index in [1.165, 1.54) is 12.1 Å². The zero-order chi connectivity index (χ0) is 12.3. The van der Waals surface area contributed by atoms with Crippen LogP contribution in [0.1, 0.15) is 24.5 Å². The molecule has 0 aliphatic carbocycles. The van der Waals surface area contributed by atoms with Gasteiger partial charge in [-0.1, -0.05) is 24.3 Å². The zero-order valence-electron chi connectivity index (χ0n) is 10.4. The molecule has 0 saturated carbocycles. The van der Waals surface area contributed by atoms with Gasteiger partial charge in [-0.25, -0.2) is 8.78 Å². The molecule has 2 nitrogen and oxygen atoms in total. The molecule has 18 heavy (non-hydrogen) atoms. The van der Waals surface area contributed by atoms with Crippen LogP contribution in [0.25, 0.3) is 0 Å². The highest BCUT2D eigenvalue weighted by Gasteiger charge is 2.17. The number of hydrogen-bond acceptors (Lipinski definition) is 2. The number of benzene rings is 1. The highest BCUT2D eigenvalue weighted by molar-refractivity contribution is 5.85. The van der Waals surface area contributed by atoms with E-state index in [4.69, 9.17) is 0 Å². The van der Waals surface area contributed by atoms with E-state index in [0.29, 0.717) is 6.04 Å². The summed E-state index contributed by atoms with van der Waals surface area (Å²) in [6.07, 6.45) is -2.37. The number of rotatable bonds is 3. The van der Waals surface area contributed by atoms with Crippen LogP contribution in [-0.2, 0) is 6.54 Å². The molecule has 0 spiro atoms. The second-order valence-electron chi connectivity index (χ2n) is 4.57. The Bertz CT molecular complexity index is 357. The summed E-state index contributed by atoms with van der Waals surface area (Å²) in [5.74, 6) is 0. The van der Waals surface area contributed by atoms with E-state index in [1.807, 2.05) is 0 Å². The summed E-state index contributed by atoms with van der Waals surface area (Å²) in [6.45, 7) is 6.03. The van der Waals surface area contributed by atoms with Crippen molar-refractivity contribution in [3.8, 4) is 0 Å². The molecule has 2 rings (SSSR count). The molecule has 0 aromatic heterocycles. The maximum absolute atomic E-state index is 12.4. The summed E-state index contributed by atoms with van der Waals surface area (Å²) in [6, 6.07) is 7.14. The molecule has 1 fully saturated rings. The predicted molar refractivity (Wildman–Crippen MR) is 71.4 cm³/mol. The monoisotopic (exact) mass is 276 g/mol. The number of nitrogens with one attached hydrogen (secondary N) is 1. The van der Waals surface area contributed by atoms with Crippen LogP contribution < -0.4 is 5.32 Å². The first-order chi connectivity index (χ1) is 8.16. The van der Waals surface area contributed by atoms with Crippen molar-refractivity contribution in [2.45, 2.75) is 25.9 Å². The van der Waals surface area contributed by atoms with Gasteiger partial charge in [-0.15, -0.1) is 12.4 Å². The molecule has 5 heteroatoms. The van der Waals surface area contributed by atoms with Crippen molar-refractivity contribution in [3.05, 3.63) is 35.4 Å². The standard InChI is InChI=1S/C13H18F2N2.ClH/c1-10-8-16-6-7-17(10)9-11-2-4-12(5-3-11)13(14)15;/h2-5,10,13,16H,6-9H2,1H3;1H. The highest BCUT2D eigenvalue weighted by Crippen LogP contribution is 2.19. The average Bonchev–Trinajstić information content (AvgIpc) is 2.33. The zero-order valence-corrected chi connectivity index (χ0v) is 11.2. The number of hydrogen-bond donors (Lipinski definition) is 1. The lowest BCUT2D eigenvalue weighted by atomic mass is 10.1. The minimum Gasteiger partial charge on any atom is -0.314 e. The number of alkyl halides is 2. The molecule has 1 heterocycles. The van der Waals surface area contributed by atoms with E-state index in [0.717, 1.165) is 31.7 Å². The third-order valence-corrected chi connectivity index (χ3v) is 3.26. The lowest BCUT2D eigenvalue weighted by molar-refractivity contribution is 0.151. The topological polar surface area (TPSA) is 15.3 Å². The predicted octanol–water partition coefficient (Wildman–Crippen LogP) is 2.84. The summed E-state index contributed by atoms with van der Waals surface area (Å²) in [5, 5.41) is 3.33. The summed E-state index contributed by atoms with van der Waals surface area (Å²) < 4.78 is 24.8.